The summed E-state index contributed by atoms with van der Waals surface area (Å²) in [5.74, 6) is 0. The van der Waals surface area contributed by atoms with E-state index in [-0.39, 0.29) is 0 Å². The molecule has 0 radical (unpaired) electrons. The maximum absolute atomic E-state index is 9.22. The second-order valence-electron chi connectivity index (χ2n) is 8.89. The standard InChI is InChI=1S/C21H46P.CH4O4S/c1-5-6-7-8-9-10-11-12-13-14-15-16-17-18-19-20-21-22(2,3)4;1-5-6(2,3)4/h5-21H2,1-4H3;1H3,(H,2,3,4)/q+1;/p-1. The first-order chi connectivity index (χ1) is 13.1. The lowest BCUT2D eigenvalue weighted by molar-refractivity contribution is 0.314. The van der Waals surface area contributed by atoms with Gasteiger partial charge in [0, 0.05) is 27.3 Å². The molecular formula is C22H49O4PS. The van der Waals surface area contributed by atoms with Crippen LogP contribution in [0.1, 0.15) is 110 Å². The van der Waals surface area contributed by atoms with E-state index in [1.165, 1.54) is 109 Å². The normalized spacial score (nSPS) is 11.9. The molecule has 0 aromatic carbocycles. The number of hydrogen-bond donors (Lipinski definition) is 0. The fourth-order valence-electron chi connectivity index (χ4n) is 3.13. The zero-order chi connectivity index (χ0) is 21.7. The van der Waals surface area contributed by atoms with E-state index in [9.17, 15) is 13.0 Å². The van der Waals surface area contributed by atoms with Crippen molar-refractivity contribution in [3.05, 3.63) is 0 Å². The minimum Gasteiger partial charge on any atom is -0.726 e. The van der Waals surface area contributed by atoms with E-state index in [0.29, 0.717) is 0 Å². The maximum Gasteiger partial charge on any atom is 0.217 e. The van der Waals surface area contributed by atoms with Crippen LogP contribution in [0.5, 0.6) is 0 Å². The molecule has 6 heteroatoms. The summed E-state index contributed by atoms with van der Waals surface area (Å²) in [5.41, 5.74) is 0. The monoisotopic (exact) mass is 440 g/mol. The Hall–Kier alpha value is 0.300. The molecule has 4 nitrogen and oxygen atoms in total. The molecule has 0 aliphatic carbocycles. The highest BCUT2D eigenvalue weighted by Gasteiger charge is 2.15. The van der Waals surface area contributed by atoms with E-state index >= 15 is 0 Å². The molecule has 0 heterocycles. The van der Waals surface area contributed by atoms with Crippen LogP contribution in [0, 0.1) is 0 Å². The quantitative estimate of drug-likeness (QED) is 0.0974. The molecule has 0 saturated heterocycles. The molecule has 0 aliphatic rings. The van der Waals surface area contributed by atoms with Crippen LogP contribution < -0.4 is 0 Å². The van der Waals surface area contributed by atoms with Crippen molar-refractivity contribution in [1.29, 1.82) is 0 Å². The Bertz CT molecular complexity index is 405. The molecule has 0 aliphatic heterocycles. The number of rotatable bonds is 18. The van der Waals surface area contributed by atoms with Gasteiger partial charge in [0.15, 0.2) is 0 Å². The van der Waals surface area contributed by atoms with Gasteiger partial charge in [-0.3, -0.25) is 4.18 Å². The minimum atomic E-state index is -4.41. The van der Waals surface area contributed by atoms with Crippen molar-refractivity contribution >= 4 is 17.7 Å². The van der Waals surface area contributed by atoms with Gasteiger partial charge in [0.1, 0.15) is 0 Å². The Morgan fingerprint density at radius 1 is 0.643 bits per heavy atom. The summed E-state index contributed by atoms with van der Waals surface area (Å²) in [5, 5.41) is 0. The van der Waals surface area contributed by atoms with Crippen LogP contribution in [0.4, 0.5) is 0 Å². The molecule has 0 amide bonds. The van der Waals surface area contributed by atoms with Crippen LogP contribution in [0.3, 0.4) is 0 Å². The highest BCUT2D eigenvalue weighted by molar-refractivity contribution is 7.80. The summed E-state index contributed by atoms with van der Waals surface area (Å²) in [6.07, 6.45) is 25.1. The van der Waals surface area contributed by atoms with Gasteiger partial charge in [0.05, 0.1) is 13.3 Å². The maximum atomic E-state index is 9.22. The fraction of sp³-hybridized carbons (Fsp3) is 1.00. The van der Waals surface area contributed by atoms with Crippen LogP contribution in [-0.4, -0.2) is 46.2 Å². The first kappa shape index (κ1) is 30.5. The molecule has 0 spiro atoms. The third kappa shape index (κ3) is 33.9. The van der Waals surface area contributed by atoms with Crippen molar-refractivity contribution in [3.8, 4) is 0 Å². The molecule has 172 valence electrons. The van der Waals surface area contributed by atoms with Gasteiger partial charge in [0.2, 0.25) is 10.4 Å². The summed E-state index contributed by atoms with van der Waals surface area (Å²) in [6, 6.07) is 0. The van der Waals surface area contributed by atoms with Gasteiger partial charge >= 0.3 is 0 Å². The van der Waals surface area contributed by atoms with Crippen LogP contribution >= 0.6 is 7.26 Å². The summed E-state index contributed by atoms with van der Waals surface area (Å²) >= 11 is 0. The lowest BCUT2D eigenvalue weighted by atomic mass is 10.0. The van der Waals surface area contributed by atoms with Gasteiger partial charge in [0.25, 0.3) is 0 Å². The molecular weight excluding hydrogens is 391 g/mol. The number of hydrogen-bond acceptors (Lipinski definition) is 4. The molecule has 28 heavy (non-hydrogen) atoms. The SMILES string of the molecule is CCCCCCCCCCCCCCCCCC[P+](C)(C)C.COS(=O)(=O)[O-]. The van der Waals surface area contributed by atoms with Crippen LogP contribution in [0.25, 0.3) is 0 Å². The zero-order valence-corrected chi connectivity index (χ0v) is 21.2. The molecule has 0 saturated carbocycles. The zero-order valence-electron chi connectivity index (χ0n) is 19.5. The minimum absolute atomic E-state index is 0.504. The molecule has 0 unspecified atom stereocenters. The summed E-state index contributed by atoms with van der Waals surface area (Å²) < 4.78 is 31.0. The van der Waals surface area contributed by atoms with E-state index in [2.05, 4.69) is 31.1 Å². The highest BCUT2D eigenvalue weighted by atomic mass is 32.3. The van der Waals surface area contributed by atoms with Gasteiger partial charge in [-0.05, 0) is 12.8 Å². The van der Waals surface area contributed by atoms with E-state index < -0.39 is 17.7 Å². The van der Waals surface area contributed by atoms with E-state index in [1.807, 2.05) is 0 Å². The van der Waals surface area contributed by atoms with Crippen LogP contribution in [0.15, 0.2) is 0 Å². The van der Waals surface area contributed by atoms with Crippen molar-refractivity contribution in [2.75, 3.05) is 33.3 Å². The Morgan fingerprint density at radius 2 is 0.893 bits per heavy atom. The van der Waals surface area contributed by atoms with Crippen molar-refractivity contribution in [2.45, 2.75) is 110 Å². The first-order valence-corrected chi connectivity index (χ1v) is 16.1. The average Bonchev–Trinajstić information content (AvgIpc) is 2.60. The predicted molar refractivity (Wildman–Crippen MR) is 126 cm³/mol. The van der Waals surface area contributed by atoms with Gasteiger partial charge in [-0.25, -0.2) is 8.42 Å². The summed E-state index contributed by atoms with van der Waals surface area (Å²) in [6.45, 7) is 9.71. The molecule has 0 aromatic heterocycles. The Morgan fingerprint density at radius 3 is 1.11 bits per heavy atom. The van der Waals surface area contributed by atoms with E-state index in [0.717, 1.165) is 7.11 Å². The summed E-state index contributed by atoms with van der Waals surface area (Å²) in [7, 11) is -4.11. The molecule has 0 aromatic rings. The van der Waals surface area contributed by atoms with E-state index in [1.54, 1.807) is 0 Å². The summed E-state index contributed by atoms with van der Waals surface area (Å²) in [4.78, 5) is 0. The van der Waals surface area contributed by atoms with Gasteiger partial charge in [-0.1, -0.05) is 96.8 Å². The first-order valence-electron chi connectivity index (χ1n) is 11.4. The molecule has 0 rings (SSSR count). The van der Waals surface area contributed by atoms with Gasteiger partial charge in [-0.15, -0.1) is 0 Å². The fourth-order valence-corrected chi connectivity index (χ4v) is 4.31. The van der Waals surface area contributed by atoms with Gasteiger partial charge in [-0.2, -0.15) is 0 Å². The molecule has 0 fully saturated rings. The second kappa shape index (κ2) is 20.6. The lowest BCUT2D eigenvalue weighted by Gasteiger charge is -2.10. The second-order valence-corrected chi connectivity index (χ2v) is 15.1. The van der Waals surface area contributed by atoms with Crippen LogP contribution in [-0.2, 0) is 14.6 Å². The molecule has 0 N–H and O–H groups in total. The molecule has 0 atom stereocenters. The third-order valence-corrected chi connectivity index (χ3v) is 6.95. The Labute approximate surface area is 177 Å². The van der Waals surface area contributed by atoms with Crippen molar-refractivity contribution in [2.24, 2.45) is 0 Å². The third-order valence-electron chi connectivity index (χ3n) is 4.89. The smallest absolute Gasteiger partial charge is 0.217 e. The largest absolute Gasteiger partial charge is 0.726 e. The van der Waals surface area contributed by atoms with Crippen molar-refractivity contribution in [1.82, 2.24) is 0 Å². The van der Waals surface area contributed by atoms with Crippen molar-refractivity contribution < 1.29 is 17.2 Å². The van der Waals surface area contributed by atoms with E-state index in [4.69, 9.17) is 0 Å². The average molecular weight is 441 g/mol. The predicted octanol–water partition coefficient (Wildman–Crippen LogP) is 7.25. The molecule has 0 bridgehead atoms. The highest BCUT2D eigenvalue weighted by Crippen LogP contribution is 2.47. The Balaban J connectivity index is 0. The van der Waals surface area contributed by atoms with Crippen LogP contribution in [0.2, 0.25) is 0 Å². The Kier molecular flexibility index (Phi) is 22.4. The number of unbranched alkanes of at least 4 members (excludes halogenated alkanes) is 15. The lowest BCUT2D eigenvalue weighted by Crippen LogP contribution is -1.97. The van der Waals surface area contributed by atoms with Gasteiger partial charge < -0.3 is 4.55 Å². The van der Waals surface area contributed by atoms with Crippen molar-refractivity contribution in [3.63, 3.8) is 0 Å². The topological polar surface area (TPSA) is 66.4 Å².